The van der Waals surface area contributed by atoms with Crippen LogP contribution in [0.1, 0.15) is 16.6 Å². The molecule has 1 aromatic heterocycles. The van der Waals surface area contributed by atoms with Crippen LogP contribution >= 0.6 is 11.3 Å². The molecule has 0 saturated carbocycles. The van der Waals surface area contributed by atoms with E-state index in [0.29, 0.717) is 30.3 Å². The van der Waals surface area contributed by atoms with Gasteiger partial charge in [-0.15, -0.1) is 11.3 Å². The predicted molar refractivity (Wildman–Crippen MR) is 85.1 cm³/mol. The highest BCUT2D eigenvalue weighted by Gasteiger charge is 2.15. The summed E-state index contributed by atoms with van der Waals surface area (Å²) in [7, 11) is 0. The second kappa shape index (κ2) is 7.54. The summed E-state index contributed by atoms with van der Waals surface area (Å²) in [6.45, 7) is 3.25. The molecule has 0 saturated heterocycles. The number of anilines is 2. The normalized spacial score (nSPS) is 10.1. The number of ether oxygens (including phenoxy) is 2. The van der Waals surface area contributed by atoms with E-state index in [1.807, 2.05) is 30.3 Å². The molecule has 0 bridgehead atoms. The molecule has 0 fully saturated rings. The lowest BCUT2D eigenvalue weighted by Crippen LogP contribution is -2.10. The van der Waals surface area contributed by atoms with Gasteiger partial charge in [-0.2, -0.15) is 0 Å². The van der Waals surface area contributed by atoms with E-state index in [0.717, 1.165) is 10.8 Å². The lowest BCUT2D eigenvalue weighted by molar-refractivity contribution is 0.0533. The molecule has 0 unspecified atom stereocenters. The fourth-order valence-electron chi connectivity index (χ4n) is 1.71. The number of esters is 1. The average Bonchev–Trinajstić information content (AvgIpc) is 2.86. The highest BCUT2D eigenvalue weighted by Crippen LogP contribution is 2.29. The largest absolute Gasteiger partial charge is 0.492 e. The van der Waals surface area contributed by atoms with E-state index >= 15 is 0 Å². The molecule has 0 aliphatic heterocycles. The van der Waals surface area contributed by atoms with Crippen LogP contribution in [0.25, 0.3) is 0 Å². The van der Waals surface area contributed by atoms with Crippen LogP contribution in [0.4, 0.5) is 10.7 Å². The fraction of sp³-hybridized carbons (Fsp3) is 0.267. The monoisotopic (exact) mass is 306 g/mol. The van der Waals surface area contributed by atoms with Gasteiger partial charge < -0.3 is 20.5 Å². The summed E-state index contributed by atoms with van der Waals surface area (Å²) in [5.41, 5.74) is 6.24. The second-order valence-corrected chi connectivity index (χ2v) is 5.26. The Kier molecular flexibility index (Phi) is 5.45. The molecular weight excluding hydrogens is 288 g/mol. The number of carbonyl (C=O) groups excluding carboxylic acids is 1. The number of nitrogens with one attached hydrogen (secondary N) is 1. The van der Waals surface area contributed by atoms with Gasteiger partial charge in [-0.25, -0.2) is 4.79 Å². The Bertz CT molecular complexity index is 584. The molecule has 5 nitrogen and oxygen atoms in total. The minimum atomic E-state index is -0.381. The van der Waals surface area contributed by atoms with Crippen LogP contribution in [0, 0.1) is 0 Å². The highest BCUT2D eigenvalue weighted by atomic mass is 32.1. The molecule has 1 heterocycles. The van der Waals surface area contributed by atoms with Crippen LogP contribution in [0.2, 0.25) is 0 Å². The molecule has 21 heavy (non-hydrogen) atoms. The molecule has 6 heteroatoms. The standard InChI is InChI=1S/C15H18N2O3S/c1-2-19-15(18)14-12(16)10-13(21-14)17-8-9-20-11-6-4-3-5-7-11/h3-7,10,17H,2,8-9,16H2,1H3. The molecule has 1 aromatic carbocycles. The zero-order chi connectivity index (χ0) is 15.1. The maximum Gasteiger partial charge on any atom is 0.350 e. The van der Waals surface area contributed by atoms with Crippen molar-refractivity contribution >= 4 is 28.0 Å². The van der Waals surface area contributed by atoms with Crippen LogP contribution < -0.4 is 15.8 Å². The van der Waals surface area contributed by atoms with E-state index in [1.165, 1.54) is 11.3 Å². The third-order valence-corrected chi connectivity index (χ3v) is 3.72. The number of rotatable bonds is 7. The van der Waals surface area contributed by atoms with E-state index in [1.54, 1.807) is 13.0 Å². The maximum absolute atomic E-state index is 11.6. The Morgan fingerprint density at radius 3 is 2.81 bits per heavy atom. The van der Waals surface area contributed by atoms with Crippen LogP contribution in [0.15, 0.2) is 36.4 Å². The Hall–Kier alpha value is -2.21. The first kappa shape index (κ1) is 15.2. The predicted octanol–water partition coefficient (Wildman–Crippen LogP) is 3.00. The molecule has 2 rings (SSSR count). The van der Waals surface area contributed by atoms with Crippen molar-refractivity contribution in [1.82, 2.24) is 0 Å². The molecule has 3 N–H and O–H groups in total. The van der Waals surface area contributed by atoms with Crippen molar-refractivity contribution in [2.75, 3.05) is 30.8 Å². The van der Waals surface area contributed by atoms with E-state index in [-0.39, 0.29) is 5.97 Å². The molecule has 2 aromatic rings. The van der Waals surface area contributed by atoms with Crippen LogP contribution in [-0.2, 0) is 4.74 Å². The molecule has 0 aliphatic rings. The van der Waals surface area contributed by atoms with E-state index in [2.05, 4.69) is 5.32 Å². The fourth-order valence-corrected chi connectivity index (χ4v) is 2.61. The first-order valence-corrected chi connectivity index (χ1v) is 7.50. The zero-order valence-corrected chi connectivity index (χ0v) is 12.6. The van der Waals surface area contributed by atoms with Crippen molar-refractivity contribution in [1.29, 1.82) is 0 Å². The summed E-state index contributed by atoms with van der Waals surface area (Å²) >= 11 is 1.29. The molecule has 0 spiro atoms. The number of nitrogen functional groups attached to an aromatic ring is 1. The Labute approximate surface area is 127 Å². The average molecular weight is 306 g/mol. The van der Waals surface area contributed by atoms with Crippen molar-refractivity contribution in [3.63, 3.8) is 0 Å². The van der Waals surface area contributed by atoms with Crippen molar-refractivity contribution in [3.05, 3.63) is 41.3 Å². The molecule has 0 radical (unpaired) electrons. The SMILES string of the molecule is CCOC(=O)c1sc(NCCOc2ccccc2)cc1N. The number of para-hydroxylation sites is 1. The molecule has 112 valence electrons. The van der Waals surface area contributed by atoms with Gasteiger partial charge in [0.2, 0.25) is 0 Å². The number of nitrogens with two attached hydrogens (primary N) is 1. The minimum absolute atomic E-state index is 0.337. The van der Waals surface area contributed by atoms with Crippen LogP contribution in [-0.4, -0.2) is 25.7 Å². The Balaban J connectivity index is 1.81. The minimum Gasteiger partial charge on any atom is -0.492 e. The van der Waals surface area contributed by atoms with Crippen molar-refractivity contribution in [3.8, 4) is 5.75 Å². The van der Waals surface area contributed by atoms with Gasteiger partial charge in [0.1, 0.15) is 17.2 Å². The second-order valence-electron chi connectivity index (χ2n) is 4.20. The summed E-state index contributed by atoms with van der Waals surface area (Å²) in [6, 6.07) is 11.3. The van der Waals surface area contributed by atoms with E-state index in [4.69, 9.17) is 15.2 Å². The van der Waals surface area contributed by atoms with Gasteiger partial charge in [0.15, 0.2) is 0 Å². The number of thiophene rings is 1. The number of hydrogen-bond acceptors (Lipinski definition) is 6. The summed E-state index contributed by atoms with van der Waals surface area (Å²) in [5, 5.41) is 4.00. The van der Waals surface area contributed by atoms with Gasteiger partial charge in [-0.3, -0.25) is 0 Å². The van der Waals surface area contributed by atoms with Gasteiger partial charge in [-0.05, 0) is 25.1 Å². The van der Waals surface area contributed by atoms with Gasteiger partial charge in [-0.1, -0.05) is 18.2 Å². The van der Waals surface area contributed by atoms with E-state index in [9.17, 15) is 4.79 Å². The van der Waals surface area contributed by atoms with Gasteiger partial charge in [0, 0.05) is 6.54 Å². The zero-order valence-electron chi connectivity index (χ0n) is 11.8. The first-order chi connectivity index (χ1) is 10.2. The van der Waals surface area contributed by atoms with Crippen molar-refractivity contribution in [2.45, 2.75) is 6.92 Å². The summed E-state index contributed by atoms with van der Waals surface area (Å²) in [4.78, 5) is 12.1. The van der Waals surface area contributed by atoms with Gasteiger partial charge >= 0.3 is 5.97 Å². The third-order valence-electron chi connectivity index (χ3n) is 2.63. The van der Waals surface area contributed by atoms with Crippen LogP contribution in [0.3, 0.4) is 0 Å². The van der Waals surface area contributed by atoms with Crippen molar-refractivity contribution < 1.29 is 14.3 Å². The van der Waals surface area contributed by atoms with Crippen molar-refractivity contribution in [2.24, 2.45) is 0 Å². The molecule has 0 atom stereocenters. The summed E-state index contributed by atoms with van der Waals surface area (Å²) in [6.07, 6.45) is 0. The summed E-state index contributed by atoms with van der Waals surface area (Å²) < 4.78 is 10.5. The highest BCUT2D eigenvalue weighted by molar-refractivity contribution is 7.18. The van der Waals surface area contributed by atoms with Gasteiger partial charge in [0.05, 0.1) is 17.3 Å². The quantitative estimate of drug-likeness (QED) is 0.607. The number of benzene rings is 1. The molecule has 0 amide bonds. The first-order valence-electron chi connectivity index (χ1n) is 6.69. The Morgan fingerprint density at radius 1 is 1.33 bits per heavy atom. The lowest BCUT2D eigenvalue weighted by Gasteiger charge is -2.06. The topological polar surface area (TPSA) is 73.6 Å². The molecular formula is C15H18N2O3S. The smallest absolute Gasteiger partial charge is 0.350 e. The third kappa shape index (κ3) is 4.39. The lowest BCUT2D eigenvalue weighted by atomic mass is 10.3. The van der Waals surface area contributed by atoms with E-state index < -0.39 is 0 Å². The van der Waals surface area contributed by atoms with Gasteiger partial charge in [0.25, 0.3) is 0 Å². The number of hydrogen-bond donors (Lipinski definition) is 2. The van der Waals surface area contributed by atoms with Crippen LogP contribution in [0.5, 0.6) is 5.75 Å². The summed E-state index contributed by atoms with van der Waals surface area (Å²) in [5.74, 6) is 0.450. The maximum atomic E-state index is 11.6. The Morgan fingerprint density at radius 2 is 2.10 bits per heavy atom. The number of carbonyl (C=O) groups is 1. The molecule has 0 aliphatic carbocycles.